The first-order valence-electron chi connectivity index (χ1n) is 4.85. The van der Waals surface area contributed by atoms with Crippen LogP contribution in [0.5, 0.6) is 5.75 Å². The number of amides is 1. The average Bonchev–Trinajstić information content (AvgIpc) is 2.30. The summed E-state index contributed by atoms with van der Waals surface area (Å²) in [5.74, 6) is 3.00. The highest BCUT2D eigenvalue weighted by molar-refractivity contribution is 5.71. The monoisotopic (exact) mass is 218 g/mol. The summed E-state index contributed by atoms with van der Waals surface area (Å²) < 4.78 is 5.07. The smallest absolute Gasteiger partial charge is 0.410 e. The molecule has 0 aliphatic heterocycles. The summed E-state index contributed by atoms with van der Waals surface area (Å²) in [5.41, 5.74) is 1.71. The number of ether oxygens (including phenoxy) is 1. The zero-order valence-corrected chi connectivity index (χ0v) is 9.33. The van der Waals surface area contributed by atoms with Gasteiger partial charge in [-0.25, -0.2) is 4.79 Å². The van der Waals surface area contributed by atoms with Crippen molar-refractivity contribution in [3.05, 3.63) is 23.8 Å². The number of hydrogen-bond acceptors (Lipinski definition) is 3. The Hall–Kier alpha value is -2.15. The Labute approximate surface area is 95.0 Å². The van der Waals surface area contributed by atoms with Gasteiger partial charge in [-0.1, -0.05) is 12.0 Å². The number of carbonyl (C=O) groups excluding carboxylic acids is 1. The SMILES string of the molecule is C#CCNc1cccc(OC(=O)NC)c1C. The van der Waals surface area contributed by atoms with E-state index in [0.29, 0.717) is 12.3 Å². The number of carbonyl (C=O) groups is 1. The van der Waals surface area contributed by atoms with Gasteiger partial charge in [-0.2, -0.15) is 0 Å². The first kappa shape index (κ1) is 11.9. The van der Waals surface area contributed by atoms with E-state index in [9.17, 15) is 4.79 Å². The van der Waals surface area contributed by atoms with E-state index >= 15 is 0 Å². The maximum atomic E-state index is 11.1. The minimum atomic E-state index is -0.489. The third-order valence-electron chi connectivity index (χ3n) is 2.07. The second kappa shape index (κ2) is 5.66. The molecule has 0 fully saturated rings. The van der Waals surface area contributed by atoms with Gasteiger partial charge in [-0.15, -0.1) is 6.42 Å². The summed E-state index contributed by atoms with van der Waals surface area (Å²) in [6, 6.07) is 5.40. The molecule has 0 saturated carbocycles. The molecule has 1 rings (SSSR count). The van der Waals surface area contributed by atoms with Crippen molar-refractivity contribution in [1.29, 1.82) is 0 Å². The van der Waals surface area contributed by atoms with Crippen LogP contribution in [0, 0.1) is 19.3 Å². The van der Waals surface area contributed by atoms with E-state index in [4.69, 9.17) is 11.2 Å². The molecule has 1 aromatic rings. The predicted octanol–water partition coefficient (Wildman–Crippen LogP) is 1.76. The van der Waals surface area contributed by atoms with Gasteiger partial charge in [-0.05, 0) is 19.1 Å². The van der Waals surface area contributed by atoms with Crippen LogP contribution in [0.15, 0.2) is 18.2 Å². The summed E-state index contributed by atoms with van der Waals surface area (Å²) in [6.45, 7) is 2.29. The number of terminal acetylenes is 1. The molecular formula is C12H14N2O2. The van der Waals surface area contributed by atoms with Gasteiger partial charge in [0.15, 0.2) is 0 Å². The topological polar surface area (TPSA) is 50.4 Å². The second-order valence-corrected chi connectivity index (χ2v) is 3.13. The summed E-state index contributed by atoms with van der Waals surface area (Å²) in [4.78, 5) is 11.1. The Balaban J connectivity index is 2.86. The van der Waals surface area contributed by atoms with Crippen LogP contribution < -0.4 is 15.4 Å². The molecule has 0 bridgehead atoms. The highest BCUT2D eigenvalue weighted by Crippen LogP contribution is 2.25. The summed E-state index contributed by atoms with van der Waals surface area (Å²) in [7, 11) is 1.51. The van der Waals surface area contributed by atoms with E-state index in [-0.39, 0.29) is 0 Å². The molecule has 4 nitrogen and oxygen atoms in total. The number of benzene rings is 1. The maximum Gasteiger partial charge on any atom is 0.412 e. The van der Waals surface area contributed by atoms with Crippen LogP contribution in [-0.2, 0) is 0 Å². The van der Waals surface area contributed by atoms with Crippen LogP contribution in [0.4, 0.5) is 10.5 Å². The van der Waals surface area contributed by atoms with Crippen LogP contribution in [0.3, 0.4) is 0 Å². The molecule has 0 spiro atoms. The van der Waals surface area contributed by atoms with E-state index < -0.39 is 6.09 Å². The van der Waals surface area contributed by atoms with Gasteiger partial charge in [0.2, 0.25) is 0 Å². The molecule has 16 heavy (non-hydrogen) atoms. The quantitative estimate of drug-likeness (QED) is 0.760. The van der Waals surface area contributed by atoms with E-state index in [1.807, 2.05) is 13.0 Å². The van der Waals surface area contributed by atoms with Crippen molar-refractivity contribution in [1.82, 2.24) is 5.32 Å². The van der Waals surface area contributed by atoms with Crippen molar-refractivity contribution in [2.45, 2.75) is 6.92 Å². The van der Waals surface area contributed by atoms with E-state index in [1.54, 1.807) is 12.1 Å². The van der Waals surface area contributed by atoms with Crippen LogP contribution in [0.2, 0.25) is 0 Å². The van der Waals surface area contributed by atoms with Crippen molar-refractivity contribution < 1.29 is 9.53 Å². The molecule has 0 aromatic heterocycles. The lowest BCUT2D eigenvalue weighted by atomic mass is 10.2. The van der Waals surface area contributed by atoms with Crippen LogP contribution in [-0.4, -0.2) is 19.7 Å². The maximum absolute atomic E-state index is 11.1. The van der Waals surface area contributed by atoms with Gasteiger partial charge in [-0.3, -0.25) is 0 Å². The van der Waals surface area contributed by atoms with Crippen molar-refractivity contribution in [2.24, 2.45) is 0 Å². The van der Waals surface area contributed by atoms with Crippen LogP contribution in [0.1, 0.15) is 5.56 Å². The third kappa shape index (κ3) is 2.92. The average molecular weight is 218 g/mol. The zero-order valence-electron chi connectivity index (χ0n) is 9.33. The Morgan fingerprint density at radius 2 is 2.31 bits per heavy atom. The number of anilines is 1. The fraction of sp³-hybridized carbons (Fsp3) is 0.250. The fourth-order valence-electron chi connectivity index (χ4n) is 1.21. The van der Waals surface area contributed by atoms with E-state index in [0.717, 1.165) is 11.3 Å². The van der Waals surface area contributed by atoms with Gasteiger partial charge in [0.25, 0.3) is 0 Å². The fourth-order valence-corrected chi connectivity index (χ4v) is 1.21. The Bertz CT molecular complexity index is 422. The highest BCUT2D eigenvalue weighted by Gasteiger charge is 2.07. The summed E-state index contributed by atoms with van der Waals surface area (Å²) in [5, 5.41) is 5.44. The van der Waals surface area contributed by atoms with Crippen molar-refractivity contribution in [3.8, 4) is 18.1 Å². The molecule has 84 valence electrons. The molecule has 0 unspecified atom stereocenters. The minimum absolute atomic E-state index is 0.435. The number of nitrogens with one attached hydrogen (secondary N) is 2. The van der Waals surface area contributed by atoms with Gasteiger partial charge >= 0.3 is 6.09 Å². The molecule has 0 atom stereocenters. The van der Waals surface area contributed by atoms with Gasteiger partial charge < -0.3 is 15.4 Å². The van der Waals surface area contributed by atoms with E-state index in [1.165, 1.54) is 7.05 Å². The van der Waals surface area contributed by atoms with Crippen LogP contribution in [0.25, 0.3) is 0 Å². The lowest BCUT2D eigenvalue weighted by Crippen LogP contribution is -2.22. The highest BCUT2D eigenvalue weighted by atomic mass is 16.6. The van der Waals surface area contributed by atoms with Crippen LogP contribution >= 0.6 is 0 Å². The largest absolute Gasteiger partial charge is 0.412 e. The Kier molecular flexibility index (Phi) is 4.22. The predicted molar refractivity (Wildman–Crippen MR) is 63.6 cm³/mol. The molecule has 0 radical (unpaired) electrons. The molecule has 1 aromatic carbocycles. The van der Waals surface area contributed by atoms with Gasteiger partial charge in [0.1, 0.15) is 5.75 Å². The standard InChI is InChI=1S/C12H14N2O2/c1-4-8-14-10-6-5-7-11(9(10)2)16-12(15)13-3/h1,5-7,14H,8H2,2-3H3,(H,13,15). The minimum Gasteiger partial charge on any atom is -0.410 e. The number of rotatable bonds is 3. The van der Waals surface area contributed by atoms with E-state index in [2.05, 4.69) is 16.6 Å². The molecule has 0 aliphatic rings. The molecular weight excluding hydrogens is 204 g/mol. The summed E-state index contributed by atoms with van der Waals surface area (Å²) >= 11 is 0. The summed E-state index contributed by atoms with van der Waals surface area (Å²) in [6.07, 6.45) is 4.67. The molecule has 1 amide bonds. The normalized spacial score (nSPS) is 9.06. The van der Waals surface area contributed by atoms with Crippen molar-refractivity contribution in [2.75, 3.05) is 18.9 Å². The molecule has 0 saturated heterocycles. The Morgan fingerprint density at radius 1 is 1.56 bits per heavy atom. The first-order valence-corrected chi connectivity index (χ1v) is 4.85. The lowest BCUT2D eigenvalue weighted by Gasteiger charge is -2.11. The van der Waals surface area contributed by atoms with Gasteiger partial charge in [0, 0.05) is 18.3 Å². The molecule has 0 aliphatic carbocycles. The third-order valence-corrected chi connectivity index (χ3v) is 2.07. The zero-order chi connectivity index (χ0) is 12.0. The lowest BCUT2D eigenvalue weighted by molar-refractivity contribution is 0.202. The number of hydrogen-bond donors (Lipinski definition) is 2. The van der Waals surface area contributed by atoms with Gasteiger partial charge in [0.05, 0.1) is 6.54 Å². The van der Waals surface area contributed by atoms with Crippen molar-refractivity contribution >= 4 is 11.8 Å². The molecule has 0 heterocycles. The molecule has 2 N–H and O–H groups in total. The first-order chi connectivity index (χ1) is 7.69. The second-order valence-electron chi connectivity index (χ2n) is 3.13. The molecule has 4 heteroatoms. The van der Waals surface area contributed by atoms with Crippen molar-refractivity contribution in [3.63, 3.8) is 0 Å². The Morgan fingerprint density at radius 3 is 2.94 bits per heavy atom.